The van der Waals surface area contributed by atoms with Crippen LogP contribution in [0.2, 0.25) is 0 Å². The van der Waals surface area contributed by atoms with Crippen molar-refractivity contribution in [3.63, 3.8) is 0 Å². The summed E-state index contributed by atoms with van der Waals surface area (Å²) in [5, 5.41) is 41.2. The number of aromatic amines is 2. The van der Waals surface area contributed by atoms with Crippen LogP contribution in [0.3, 0.4) is 0 Å². The molecule has 0 bridgehead atoms. The van der Waals surface area contributed by atoms with E-state index in [1.807, 2.05) is 6.07 Å². The summed E-state index contributed by atoms with van der Waals surface area (Å²) in [4.78, 5) is 97.5. The molecule has 0 saturated carbocycles. The second kappa shape index (κ2) is 20.7. The van der Waals surface area contributed by atoms with Gasteiger partial charge in [-0.1, -0.05) is 30.3 Å². The molecule has 5 amide bonds. The second-order valence-electron chi connectivity index (χ2n) is 14.8. The number of rotatable bonds is 18. The van der Waals surface area contributed by atoms with E-state index in [0.717, 1.165) is 38.8 Å². The van der Waals surface area contributed by atoms with Crippen LogP contribution in [0.1, 0.15) is 37.1 Å². The van der Waals surface area contributed by atoms with E-state index < -0.39 is 94.3 Å². The van der Waals surface area contributed by atoms with Gasteiger partial charge in [0.05, 0.1) is 12.1 Å². The van der Waals surface area contributed by atoms with Crippen LogP contribution in [0.5, 0.6) is 5.75 Å². The number of carbonyl (C=O) groups excluding carboxylic acids is 4. The first-order valence-electron chi connectivity index (χ1n) is 19.3. The van der Waals surface area contributed by atoms with Gasteiger partial charge in [-0.05, 0) is 49.1 Å². The molecule has 1 aliphatic heterocycles. The highest BCUT2D eigenvalue weighted by Gasteiger charge is 2.37. The Bertz CT molecular complexity index is 2470. The summed E-state index contributed by atoms with van der Waals surface area (Å²) in [6.07, 6.45) is 2.18. The van der Waals surface area contributed by atoms with Crippen LogP contribution in [-0.4, -0.2) is 124 Å². The van der Waals surface area contributed by atoms with Gasteiger partial charge in [-0.3, -0.25) is 32.9 Å². The van der Waals surface area contributed by atoms with E-state index >= 15 is 0 Å². The lowest BCUT2D eigenvalue weighted by molar-refractivity contribution is -0.139. The minimum absolute atomic E-state index is 0.00570. The zero-order valence-corrected chi connectivity index (χ0v) is 34.7. The summed E-state index contributed by atoms with van der Waals surface area (Å²) in [5.74, 6) is -3.98. The number of phenolic OH excluding ortho intramolecular Hbond substituents is 1. The van der Waals surface area contributed by atoms with Crippen molar-refractivity contribution < 1.29 is 48.2 Å². The number of phenols is 1. The number of aliphatic hydroxyl groups excluding tert-OH is 1. The molecule has 2 aromatic heterocycles. The average Bonchev–Trinajstić information content (AvgIpc) is 3.81. The molecule has 5 rings (SSSR count). The number of hydrogen-bond donors (Lipinski definition) is 10. The van der Waals surface area contributed by atoms with E-state index in [2.05, 4.69) is 31.2 Å². The maximum atomic E-state index is 14.1. The first kappa shape index (κ1) is 46.3. The maximum Gasteiger partial charge on any atom is 0.331 e. The molecule has 0 aliphatic carbocycles. The predicted octanol–water partition coefficient (Wildman–Crippen LogP) is -1.01. The molecule has 21 nitrogen and oxygen atoms in total. The number of para-hydroxylation sites is 1. The Hall–Kier alpha value is -6.78. The average molecular weight is 880 g/mol. The Morgan fingerprint density at radius 3 is 2.45 bits per heavy atom. The fraction of sp³-hybridized carbons (Fsp3) is 0.375. The monoisotopic (exact) mass is 879 g/mol. The number of aliphatic carboxylic acids is 1. The Kier molecular flexibility index (Phi) is 15.4. The van der Waals surface area contributed by atoms with Crippen LogP contribution in [0, 0.1) is 0 Å². The summed E-state index contributed by atoms with van der Waals surface area (Å²) in [7, 11) is -0.104. The topological polar surface area (TPSA) is 320 Å². The molecule has 0 unspecified atom stereocenters. The van der Waals surface area contributed by atoms with Crippen molar-refractivity contribution in [2.45, 2.75) is 75.1 Å². The Labute approximate surface area is 356 Å². The third-order valence-electron chi connectivity index (χ3n) is 10.2. The van der Waals surface area contributed by atoms with Gasteiger partial charge in [-0.15, -0.1) is 0 Å². The number of benzene rings is 2. The summed E-state index contributed by atoms with van der Waals surface area (Å²) >= 11 is 0. The number of ether oxygens (including phenoxy) is 1. The van der Waals surface area contributed by atoms with Crippen molar-refractivity contribution in [2.75, 3.05) is 19.1 Å². The highest BCUT2D eigenvalue weighted by molar-refractivity contribution is 7.84. The van der Waals surface area contributed by atoms with E-state index in [9.17, 15) is 53.1 Å². The molecule has 3 heterocycles. The number of urea groups is 1. The lowest BCUT2D eigenvalue weighted by Gasteiger charge is -2.34. The number of aromatic hydroxyl groups is 1. The Balaban J connectivity index is 1.36. The number of fused-ring (bicyclic) bond motifs is 1. The molecule has 1 fully saturated rings. The number of hydrogen-bond acceptors (Lipinski definition) is 12. The lowest BCUT2D eigenvalue weighted by atomic mass is 10.0. The van der Waals surface area contributed by atoms with Crippen LogP contribution >= 0.6 is 0 Å². The quantitative estimate of drug-likeness (QED) is 0.0574. The second-order valence-corrected chi connectivity index (χ2v) is 16.3. The molecule has 1 saturated heterocycles. The smallest absolute Gasteiger partial charge is 0.331 e. The molecule has 22 heteroatoms. The number of nitrogens with two attached hydrogens (primary N) is 1. The normalized spacial score (nSPS) is 18.4. The van der Waals surface area contributed by atoms with E-state index in [0.29, 0.717) is 11.1 Å². The number of amides is 5. The van der Waals surface area contributed by atoms with Gasteiger partial charge >= 0.3 is 17.7 Å². The predicted molar refractivity (Wildman–Crippen MR) is 225 cm³/mol. The minimum Gasteiger partial charge on any atom is -0.508 e. The molecule has 2 aromatic carbocycles. The number of carboxylic acid groups (broad SMARTS) is 1. The highest BCUT2D eigenvalue weighted by Crippen LogP contribution is 2.30. The SMILES string of the molecule is C[C@H]([C@@H](NC(=O)[C@H](CC[S@](C)=O)NC(=O)N[C@@H](Cc1c[nH]c2ccccc12)C(=O)O)C(=O)N/C=C1\C[C@@H](O)[C@H](n2ccc(=O)[nH]c2=O)O1)N(C)C(=O)[C@@H](N)Cc1cccc(O)c1. The minimum atomic E-state index is -1.58. The molecule has 4 aromatic rings. The van der Waals surface area contributed by atoms with Crippen LogP contribution < -0.4 is 38.2 Å². The molecule has 62 heavy (non-hydrogen) atoms. The summed E-state index contributed by atoms with van der Waals surface area (Å²) in [6, 6.07) is 6.53. The van der Waals surface area contributed by atoms with Gasteiger partial charge in [0.1, 0.15) is 35.7 Å². The van der Waals surface area contributed by atoms with Gasteiger partial charge in [0.2, 0.25) is 23.9 Å². The van der Waals surface area contributed by atoms with E-state index in [1.54, 1.807) is 36.5 Å². The van der Waals surface area contributed by atoms with Crippen molar-refractivity contribution in [1.82, 2.24) is 40.7 Å². The molecule has 0 spiro atoms. The van der Waals surface area contributed by atoms with Gasteiger partial charge < -0.3 is 56.9 Å². The molecule has 1 aliphatic rings. The molecular formula is C40H49N9O12S. The molecule has 332 valence electrons. The lowest BCUT2D eigenvalue weighted by Crippen LogP contribution is -2.62. The first-order chi connectivity index (χ1) is 29.4. The number of H-pyrrole nitrogens is 2. The van der Waals surface area contributed by atoms with Gasteiger partial charge in [0, 0.05) is 78.3 Å². The number of likely N-dealkylation sites (N-methyl/N-ethyl adjacent to an activating group) is 1. The zero-order chi connectivity index (χ0) is 45.2. The number of nitrogens with zero attached hydrogens (tertiary/aromatic N) is 2. The first-order valence-corrected chi connectivity index (χ1v) is 21.1. The van der Waals surface area contributed by atoms with Crippen molar-refractivity contribution in [2.24, 2.45) is 5.73 Å². The third-order valence-corrected chi connectivity index (χ3v) is 11.0. The Morgan fingerprint density at radius 1 is 1.03 bits per heavy atom. The van der Waals surface area contributed by atoms with Crippen LogP contribution in [0.15, 0.2) is 88.5 Å². The van der Waals surface area contributed by atoms with Crippen LogP contribution in [-0.2, 0) is 47.6 Å². The van der Waals surface area contributed by atoms with Crippen molar-refractivity contribution >= 4 is 51.4 Å². The van der Waals surface area contributed by atoms with Crippen molar-refractivity contribution in [3.05, 3.63) is 111 Å². The van der Waals surface area contributed by atoms with Gasteiger partial charge in [-0.25, -0.2) is 14.4 Å². The zero-order valence-electron chi connectivity index (χ0n) is 33.9. The molecule has 8 atom stereocenters. The third kappa shape index (κ3) is 11.9. The van der Waals surface area contributed by atoms with E-state index in [1.165, 1.54) is 32.4 Å². The molecular weight excluding hydrogens is 831 g/mol. The number of carbonyl (C=O) groups is 5. The fourth-order valence-corrected chi connectivity index (χ4v) is 7.36. The van der Waals surface area contributed by atoms with Gasteiger partial charge in [0.25, 0.3) is 5.56 Å². The van der Waals surface area contributed by atoms with Crippen LogP contribution in [0.25, 0.3) is 10.9 Å². The standard InChI is InChI=1S/C40H49N9O12S/c1-21(48(2)36(55)27(41)16-22-7-6-8-24(50)15-22)33(35(54)43-20-25-18-31(51)37(61-25)49-13-11-32(52)46-40(49)59)47-34(53)29(12-14-62(3)60)44-39(58)45-30(38(56)57)17-23-19-42-28-10-5-4-9-26(23)28/h4-11,13,15,19-21,27,29-31,33,37,42,50-51H,12,14,16-18,41H2,1-3H3,(H,43,54)(H,47,53)(H,56,57)(H2,44,45,58)(H,46,52,59)/b25-20+/t21-,27+,29+,30+,31-,33-,37-,62+/m1/s1. The maximum absolute atomic E-state index is 14.1. The fourth-order valence-electron chi connectivity index (χ4n) is 6.79. The van der Waals surface area contributed by atoms with E-state index in [4.69, 9.17) is 10.5 Å². The van der Waals surface area contributed by atoms with Crippen molar-refractivity contribution in [3.8, 4) is 5.75 Å². The molecule has 0 radical (unpaired) electrons. The number of aromatic nitrogens is 3. The van der Waals surface area contributed by atoms with Crippen LogP contribution in [0.4, 0.5) is 4.79 Å². The number of carboxylic acids is 1. The molecule has 11 N–H and O–H groups in total. The van der Waals surface area contributed by atoms with Gasteiger partial charge in [0.15, 0.2) is 0 Å². The number of nitrogens with one attached hydrogen (secondary N) is 6. The largest absolute Gasteiger partial charge is 0.508 e. The van der Waals surface area contributed by atoms with Gasteiger partial charge in [-0.2, -0.15) is 0 Å². The summed E-state index contributed by atoms with van der Waals surface area (Å²) < 4.78 is 18.8. The summed E-state index contributed by atoms with van der Waals surface area (Å²) in [5.41, 5.74) is 6.67. The summed E-state index contributed by atoms with van der Waals surface area (Å²) in [6.45, 7) is 1.45. The highest BCUT2D eigenvalue weighted by atomic mass is 32.2. The van der Waals surface area contributed by atoms with E-state index in [-0.39, 0.29) is 42.9 Å². The Morgan fingerprint density at radius 2 is 1.76 bits per heavy atom. The number of aliphatic hydroxyl groups is 1. The van der Waals surface area contributed by atoms with Crippen molar-refractivity contribution in [1.29, 1.82) is 0 Å².